The van der Waals surface area contributed by atoms with E-state index in [0.717, 1.165) is 21.3 Å². The van der Waals surface area contributed by atoms with Crippen LogP contribution in [0.3, 0.4) is 0 Å². The molecule has 4 nitrogen and oxygen atoms in total. The molecule has 86 valence electrons. The minimum atomic E-state index is 0.0409. The zero-order valence-electron chi connectivity index (χ0n) is 9.98. The number of aromatic nitrogens is 3. The lowest BCUT2D eigenvalue weighted by Gasteiger charge is -2.13. The lowest BCUT2D eigenvalue weighted by atomic mass is 9.98. The highest BCUT2D eigenvalue weighted by Crippen LogP contribution is 2.35. The molecule has 16 heavy (non-hydrogen) atoms. The maximum atomic E-state index is 6.00. The molecule has 0 aromatic carbocycles. The van der Waals surface area contributed by atoms with Crippen molar-refractivity contribution in [3.8, 4) is 11.3 Å². The van der Waals surface area contributed by atoms with Crippen molar-refractivity contribution < 1.29 is 0 Å². The second-order valence-corrected chi connectivity index (χ2v) is 5.92. The molecule has 0 unspecified atom stereocenters. The fourth-order valence-electron chi connectivity index (χ4n) is 1.40. The minimum absolute atomic E-state index is 0.0409. The van der Waals surface area contributed by atoms with Crippen LogP contribution in [0.2, 0.25) is 0 Å². The molecule has 0 bridgehead atoms. The smallest absolute Gasteiger partial charge is 0.114 e. The Morgan fingerprint density at radius 2 is 2.06 bits per heavy atom. The first kappa shape index (κ1) is 11.1. The topological polar surface area (TPSA) is 56.7 Å². The standard InChI is InChI=1S/C11H16N4S/c1-11(2,3)10-14-8(9(12)16-10)7-5-13-15(4)6-7/h5-6H,12H2,1-4H3. The number of hydrogen-bond acceptors (Lipinski definition) is 4. The van der Waals surface area contributed by atoms with Crippen LogP contribution in [-0.4, -0.2) is 14.8 Å². The van der Waals surface area contributed by atoms with Crippen LogP contribution in [0.4, 0.5) is 5.00 Å². The summed E-state index contributed by atoms with van der Waals surface area (Å²) < 4.78 is 1.75. The Morgan fingerprint density at radius 3 is 2.50 bits per heavy atom. The summed E-state index contributed by atoms with van der Waals surface area (Å²) in [6.45, 7) is 6.41. The molecule has 2 N–H and O–H groups in total. The second kappa shape index (κ2) is 3.59. The number of nitrogen functional groups attached to an aromatic ring is 1. The van der Waals surface area contributed by atoms with Gasteiger partial charge in [-0.2, -0.15) is 5.10 Å². The fourth-order valence-corrected chi connectivity index (χ4v) is 2.31. The molecule has 0 aliphatic heterocycles. The van der Waals surface area contributed by atoms with Crippen molar-refractivity contribution in [2.75, 3.05) is 5.73 Å². The van der Waals surface area contributed by atoms with Crippen LogP contribution in [0.15, 0.2) is 12.4 Å². The van der Waals surface area contributed by atoms with Crippen molar-refractivity contribution in [3.05, 3.63) is 17.4 Å². The molecule has 0 spiro atoms. The molecule has 0 radical (unpaired) electrons. The number of nitrogens with zero attached hydrogens (tertiary/aromatic N) is 3. The Bertz CT molecular complexity index is 504. The zero-order valence-corrected chi connectivity index (χ0v) is 10.8. The van der Waals surface area contributed by atoms with E-state index >= 15 is 0 Å². The highest BCUT2D eigenvalue weighted by molar-refractivity contribution is 7.16. The normalized spacial score (nSPS) is 12.0. The highest BCUT2D eigenvalue weighted by Gasteiger charge is 2.21. The maximum absolute atomic E-state index is 6.00. The molecule has 0 aliphatic rings. The van der Waals surface area contributed by atoms with E-state index in [1.54, 1.807) is 22.2 Å². The summed E-state index contributed by atoms with van der Waals surface area (Å²) in [6, 6.07) is 0. The summed E-state index contributed by atoms with van der Waals surface area (Å²) in [4.78, 5) is 4.60. The molecule has 0 saturated carbocycles. The van der Waals surface area contributed by atoms with Gasteiger partial charge in [-0.1, -0.05) is 20.8 Å². The van der Waals surface area contributed by atoms with Crippen LogP contribution in [0.5, 0.6) is 0 Å². The summed E-state index contributed by atoms with van der Waals surface area (Å²) in [5.74, 6) is 0. The van der Waals surface area contributed by atoms with Crippen molar-refractivity contribution >= 4 is 16.3 Å². The summed E-state index contributed by atoms with van der Waals surface area (Å²) in [7, 11) is 1.89. The number of hydrogen-bond donors (Lipinski definition) is 1. The number of aryl methyl sites for hydroxylation is 1. The molecule has 2 heterocycles. The minimum Gasteiger partial charge on any atom is -0.389 e. The molecule has 0 aliphatic carbocycles. The third-order valence-corrected chi connectivity index (χ3v) is 3.58. The van der Waals surface area contributed by atoms with E-state index in [9.17, 15) is 0 Å². The van der Waals surface area contributed by atoms with Crippen molar-refractivity contribution in [1.29, 1.82) is 0 Å². The zero-order chi connectivity index (χ0) is 11.9. The monoisotopic (exact) mass is 236 g/mol. The molecular weight excluding hydrogens is 220 g/mol. The van der Waals surface area contributed by atoms with Gasteiger partial charge in [-0.25, -0.2) is 4.98 Å². The molecule has 2 aromatic heterocycles. The van der Waals surface area contributed by atoms with Crippen LogP contribution < -0.4 is 5.73 Å². The Labute approximate surface area is 99.1 Å². The Morgan fingerprint density at radius 1 is 1.38 bits per heavy atom. The molecular formula is C11H16N4S. The van der Waals surface area contributed by atoms with Gasteiger partial charge in [-0.3, -0.25) is 4.68 Å². The molecule has 2 rings (SSSR count). The molecule has 0 atom stereocenters. The van der Waals surface area contributed by atoms with E-state index in [2.05, 4.69) is 30.9 Å². The molecule has 0 amide bonds. The average Bonchev–Trinajstić information content (AvgIpc) is 2.70. The third kappa shape index (κ3) is 1.95. The van der Waals surface area contributed by atoms with Crippen LogP contribution in [0, 0.1) is 0 Å². The third-order valence-electron chi connectivity index (χ3n) is 2.27. The van der Waals surface area contributed by atoms with Crippen molar-refractivity contribution in [1.82, 2.24) is 14.8 Å². The Hall–Kier alpha value is -1.36. The second-order valence-electron chi connectivity index (χ2n) is 4.88. The summed E-state index contributed by atoms with van der Waals surface area (Å²) in [5.41, 5.74) is 7.87. The van der Waals surface area contributed by atoms with Gasteiger partial charge in [0.05, 0.1) is 6.20 Å². The van der Waals surface area contributed by atoms with Crippen molar-refractivity contribution in [3.63, 3.8) is 0 Å². The highest BCUT2D eigenvalue weighted by atomic mass is 32.1. The van der Waals surface area contributed by atoms with Crippen molar-refractivity contribution in [2.45, 2.75) is 26.2 Å². The number of rotatable bonds is 1. The quantitative estimate of drug-likeness (QED) is 0.827. The lowest BCUT2D eigenvalue weighted by Crippen LogP contribution is -2.10. The van der Waals surface area contributed by atoms with Crippen LogP contribution in [0.25, 0.3) is 11.3 Å². The number of anilines is 1. The van der Waals surface area contributed by atoms with E-state index in [1.807, 2.05) is 13.2 Å². The van der Waals surface area contributed by atoms with Crippen LogP contribution in [0.1, 0.15) is 25.8 Å². The van der Waals surface area contributed by atoms with E-state index in [1.165, 1.54) is 0 Å². The molecule has 5 heteroatoms. The van der Waals surface area contributed by atoms with Crippen LogP contribution >= 0.6 is 11.3 Å². The maximum Gasteiger partial charge on any atom is 0.114 e. The van der Waals surface area contributed by atoms with Gasteiger partial charge in [-0.05, 0) is 0 Å². The van der Waals surface area contributed by atoms with Gasteiger partial charge in [0.25, 0.3) is 0 Å². The molecule has 2 aromatic rings. The van der Waals surface area contributed by atoms with Crippen LogP contribution in [-0.2, 0) is 12.5 Å². The van der Waals surface area contributed by atoms with E-state index < -0.39 is 0 Å². The summed E-state index contributed by atoms with van der Waals surface area (Å²) in [6.07, 6.45) is 3.72. The summed E-state index contributed by atoms with van der Waals surface area (Å²) in [5, 5.41) is 5.95. The van der Waals surface area contributed by atoms with Gasteiger partial charge in [0.2, 0.25) is 0 Å². The van der Waals surface area contributed by atoms with Gasteiger partial charge < -0.3 is 5.73 Å². The van der Waals surface area contributed by atoms with E-state index in [0.29, 0.717) is 0 Å². The molecule has 0 fully saturated rings. The average molecular weight is 236 g/mol. The largest absolute Gasteiger partial charge is 0.389 e. The van der Waals surface area contributed by atoms with Gasteiger partial charge in [0.1, 0.15) is 15.7 Å². The van der Waals surface area contributed by atoms with Gasteiger partial charge in [0, 0.05) is 24.2 Å². The fraction of sp³-hybridized carbons (Fsp3) is 0.455. The van der Waals surface area contributed by atoms with Gasteiger partial charge >= 0.3 is 0 Å². The van der Waals surface area contributed by atoms with Gasteiger partial charge in [0.15, 0.2) is 0 Å². The SMILES string of the molecule is Cn1cc(-c2nc(C(C)(C)C)sc2N)cn1. The van der Waals surface area contributed by atoms with E-state index in [-0.39, 0.29) is 5.41 Å². The first-order chi connectivity index (χ1) is 7.38. The molecule has 0 saturated heterocycles. The predicted octanol–water partition coefficient (Wildman–Crippen LogP) is 2.42. The number of nitrogens with two attached hydrogens (primary N) is 1. The predicted molar refractivity (Wildman–Crippen MR) is 67.4 cm³/mol. The van der Waals surface area contributed by atoms with E-state index in [4.69, 9.17) is 5.73 Å². The number of thiazole rings is 1. The Kier molecular flexibility index (Phi) is 2.50. The lowest BCUT2D eigenvalue weighted by molar-refractivity contribution is 0.586. The first-order valence-corrected chi connectivity index (χ1v) is 5.95. The summed E-state index contributed by atoms with van der Waals surface area (Å²) >= 11 is 1.56. The van der Waals surface area contributed by atoms with Gasteiger partial charge in [-0.15, -0.1) is 11.3 Å². The Balaban J connectivity index is 2.47. The van der Waals surface area contributed by atoms with Crippen molar-refractivity contribution in [2.24, 2.45) is 7.05 Å². The first-order valence-electron chi connectivity index (χ1n) is 5.14.